The third-order valence-electron chi connectivity index (χ3n) is 6.77. The SMILES string of the molecule is Cc1nc2c(n1C(C)C)CN(C(=O)c1ccoc1)CC21CCN(CC(C)C)CC1.O=C(O)C(F)(F)F. The Morgan fingerprint density at radius 1 is 1.19 bits per heavy atom. The van der Waals surface area contributed by atoms with Crippen molar-refractivity contribution in [1.29, 1.82) is 0 Å². The minimum atomic E-state index is -5.08. The fourth-order valence-electron chi connectivity index (χ4n) is 5.31. The molecule has 1 N–H and O–H groups in total. The second-order valence-electron chi connectivity index (χ2n) is 10.4. The number of likely N-dealkylation sites (tertiary alicyclic amines) is 1. The van der Waals surface area contributed by atoms with Crippen molar-refractivity contribution in [3.63, 3.8) is 0 Å². The molecule has 11 heteroatoms. The molecule has 2 aromatic rings. The number of aryl methyl sites for hydroxylation is 1. The van der Waals surface area contributed by atoms with Crippen LogP contribution in [0, 0.1) is 12.8 Å². The summed E-state index contributed by atoms with van der Waals surface area (Å²) in [5.74, 6) is -0.964. The van der Waals surface area contributed by atoms with E-state index in [2.05, 4.69) is 44.1 Å². The number of aliphatic carboxylic acids is 1. The fraction of sp³-hybridized carbons (Fsp3) is 0.640. The van der Waals surface area contributed by atoms with Crippen molar-refractivity contribution in [3.05, 3.63) is 41.4 Å². The number of carbonyl (C=O) groups is 2. The van der Waals surface area contributed by atoms with Crippen molar-refractivity contribution in [2.45, 2.75) is 71.6 Å². The highest BCUT2D eigenvalue weighted by Crippen LogP contribution is 2.43. The average Bonchev–Trinajstić information content (AvgIpc) is 3.42. The van der Waals surface area contributed by atoms with E-state index in [4.69, 9.17) is 19.3 Å². The Kier molecular flexibility index (Phi) is 8.22. The van der Waals surface area contributed by atoms with Crippen LogP contribution < -0.4 is 0 Å². The van der Waals surface area contributed by atoms with Gasteiger partial charge in [-0.2, -0.15) is 13.2 Å². The smallest absolute Gasteiger partial charge is 0.475 e. The van der Waals surface area contributed by atoms with Gasteiger partial charge in [-0.25, -0.2) is 9.78 Å². The number of rotatable bonds is 4. The van der Waals surface area contributed by atoms with Gasteiger partial charge >= 0.3 is 12.1 Å². The van der Waals surface area contributed by atoms with E-state index >= 15 is 0 Å². The predicted octanol–water partition coefficient (Wildman–Crippen LogP) is 4.64. The number of piperidine rings is 1. The van der Waals surface area contributed by atoms with E-state index in [1.54, 1.807) is 18.6 Å². The molecular formula is C25H35F3N4O4. The molecule has 8 nitrogen and oxygen atoms in total. The number of carboxylic acid groups (broad SMARTS) is 1. The number of alkyl halides is 3. The van der Waals surface area contributed by atoms with Gasteiger partial charge in [0.15, 0.2) is 0 Å². The highest BCUT2D eigenvalue weighted by Gasteiger charge is 2.46. The molecule has 0 radical (unpaired) electrons. The Morgan fingerprint density at radius 2 is 1.81 bits per heavy atom. The van der Waals surface area contributed by atoms with E-state index in [-0.39, 0.29) is 11.3 Å². The van der Waals surface area contributed by atoms with Gasteiger partial charge in [0, 0.05) is 24.5 Å². The lowest BCUT2D eigenvalue weighted by Crippen LogP contribution is -2.54. The lowest BCUT2D eigenvalue weighted by Gasteiger charge is -2.47. The van der Waals surface area contributed by atoms with Crippen molar-refractivity contribution >= 4 is 11.9 Å². The summed E-state index contributed by atoms with van der Waals surface area (Å²) in [6.45, 7) is 15.7. The molecule has 1 amide bonds. The molecule has 1 fully saturated rings. The van der Waals surface area contributed by atoms with Crippen LogP contribution in [-0.4, -0.2) is 68.7 Å². The highest BCUT2D eigenvalue weighted by atomic mass is 19.4. The summed E-state index contributed by atoms with van der Waals surface area (Å²) in [6.07, 6.45) is 0.152. The van der Waals surface area contributed by atoms with Gasteiger partial charge in [0.1, 0.15) is 12.1 Å². The number of hydrogen-bond donors (Lipinski definition) is 1. The Morgan fingerprint density at radius 3 is 2.28 bits per heavy atom. The van der Waals surface area contributed by atoms with Crippen LogP contribution in [0.25, 0.3) is 0 Å². The molecule has 2 aliphatic heterocycles. The van der Waals surface area contributed by atoms with E-state index in [1.165, 1.54) is 11.4 Å². The third-order valence-corrected chi connectivity index (χ3v) is 6.77. The number of furan rings is 1. The van der Waals surface area contributed by atoms with Gasteiger partial charge in [0.25, 0.3) is 5.91 Å². The zero-order valence-corrected chi connectivity index (χ0v) is 21.4. The number of carbonyl (C=O) groups excluding carboxylic acids is 1. The summed E-state index contributed by atoms with van der Waals surface area (Å²) in [5, 5.41) is 7.12. The average molecular weight is 513 g/mol. The van der Waals surface area contributed by atoms with E-state index in [9.17, 15) is 18.0 Å². The minimum absolute atomic E-state index is 0.0502. The molecule has 0 saturated carbocycles. The summed E-state index contributed by atoms with van der Waals surface area (Å²) in [5.41, 5.74) is 3.04. The first-order valence-electron chi connectivity index (χ1n) is 12.2. The molecule has 0 aromatic carbocycles. The number of fused-ring (bicyclic) bond motifs is 2. The zero-order valence-electron chi connectivity index (χ0n) is 21.4. The molecule has 4 rings (SSSR count). The molecule has 0 atom stereocenters. The first kappa shape index (κ1) is 27.8. The molecule has 1 saturated heterocycles. The van der Waals surface area contributed by atoms with Crippen molar-refractivity contribution in [2.24, 2.45) is 5.92 Å². The van der Waals surface area contributed by atoms with E-state index in [0.29, 0.717) is 24.1 Å². The molecule has 4 heterocycles. The molecule has 200 valence electrons. The number of halogens is 3. The molecule has 0 unspecified atom stereocenters. The summed E-state index contributed by atoms with van der Waals surface area (Å²) in [7, 11) is 0. The van der Waals surface area contributed by atoms with Gasteiger partial charge in [-0.3, -0.25) is 4.79 Å². The highest BCUT2D eigenvalue weighted by molar-refractivity contribution is 5.94. The molecule has 0 bridgehead atoms. The maximum atomic E-state index is 13.2. The van der Waals surface area contributed by atoms with E-state index in [0.717, 1.165) is 44.8 Å². The maximum Gasteiger partial charge on any atom is 0.490 e. The van der Waals surface area contributed by atoms with Crippen LogP contribution in [0.3, 0.4) is 0 Å². The Balaban J connectivity index is 0.000000454. The van der Waals surface area contributed by atoms with Gasteiger partial charge in [-0.15, -0.1) is 0 Å². The van der Waals surface area contributed by atoms with Crippen LogP contribution in [0.2, 0.25) is 0 Å². The van der Waals surface area contributed by atoms with Gasteiger partial charge in [0.2, 0.25) is 0 Å². The standard InChI is InChI=1S/C23H34N4O2.C2HF3O2/c1-16(2)12-25-9-7-23(8-10-25)15-26(22(28)19-6-11-29-14-19)13-20-21(23)24-18(5)27(20)17(3)4;3-2(4,5)1(6)7/h6,11,14,16-17H,7-10,12-13,15H2,1-5H3;(H,6,7). The molecule has 1 spiro atoms. The fourth-order valence-corrected chi connectivity index (χ4v) is 5.31. The van der Waals surface area contributed by atoms with Crippen LogP contribution in [-0.2, 0) is 16.8 Å². The van der Waals surface area contributed by atoms with Crippen LogP contribution in [0.5, 0.6) is 0 Å². The van der Waals surface area contributed by atoms with Crippen molar-refractivity contribution in [3.8, 4) is 0 Å². The lowest BCUT2D eigenvalue weighted by molar-refractivity contribution is -0.192. The van der Waals surface area contributed by atoms with Gasteiger partial charge in [0.05, 0.1) is 29.8 Å². The van der Waals surface area contributed by atoms with Crippen molar-refractivity contribution in [1.82, 2.24) is 19.4 Å². The normalized spacial score (nSPS) is 17.8. The lowest BCUT2D eigenvalue weighted by atomic mass is 9.72. The Labute approximate surface area is 209 Å². The summed E-state index contributed by atoms with van der Waals surface area (Å²) >= 11 is 0. The number of hydrogen-bond acceptors (Lipinski definition) is 5. The number of imidazole rings is 1. The summed E-state index contributed by atoms with van der Waals surface area (Å²) < 4.78 is 39.2. The Hall–Kier alpha value is -2.82. The first-order valence-corrected chi connectivity index (χ1v) is 12.2. The first-order chi connectivity index (χ1) is 16.7. The number of nitrogens with zero attached hydrogens (tertiary/aromatic N) is 4. The molecule has 2 aromatic heterocycles. The van der Waals surface area contributed by atoms with Gasteiger partial charge in [-0.05, 0) is 58.7 Å². The largest absolute Gasteiger partial charge is 0.490 e. The van der Waals surface area contributed by atoms with Crippen LogP contribution in [0.4, 0.5) is 13.2 Å². The Bertz CT molecular complexity index is 1050. The zero-order chi connectivity index (χ0) is 26.8. The van der Waals surface area contributed by atoms with E-state index in [1.807, 2.05) is 4.90 Å². The predicted molar refractivity (Wildman–Crippen MR) is 127 cm³/mol. The van der Waals surface area contributed by atoms with Crippen LogP contribution in [0.15, 0.2) is 23.0 Å². The summed E-state index contributed by atoms with van der Waals surface area (Å²) in [6, 6.07) is 2.09. The quantitative estimate of drug-likeness (QED) is 0.642. The second kappa shape index (κ2) is 10.7. The molecule has 36 heavy (non-hydrogen) atoms. The van der Waals surface area contributed by atoms with Gasteiger partial charge in [-0.1, -0.05) is 13.8 Å². The molecular weight excluding hydrogens is 477 g/mol. The molecule has 2 aliphatic rings. The van der Waals surface area contributed by atoms with Gasteiger partial charge < -0.3 is 23.9 Å². The number of carboxylic acids is 1. The minimum Gasteiger partial charge on any atom is -0.475 e. The maximum absolute atomic E-state index is 13.2. The monoisotopic (exact) mass is 512 g/mol. The topological polar surface area (TPSA) is 91.8 Å². The van der Waals surface area contributed by atoms with Crippen LogP contribution >= 0.6 is 0 Å². The number of amides is 1. The van der Waals surface area contributed by atoms with Crippen molar-refractivity contribution < 1.29 is 32.3 Å². The second-order valence-corrected chi connectivity index (χ2v) is 10.4. The van der Waals surface area contributed by atoms with E-state index < -0.39 is 12.1 Å². The number of aromatic nitrogens is 2. The van der Waals surface area contributed by atoms with Crippen LogP contribution in [0.1, 0.15) is 74.1 Å². The van der Waals surface area contributed by atoms with Crippen molar-refractivity contribution in [2.75, 3.05) is 26.2 Å². The third kappa shape index (κ3) is 5.93. The summed E-state index contributed by atoms with van der Waals surface area (Å²) in [4.78, 5) is 31.8. The molecule has 0 aliphatic carbocycles.